The number of hydrogen-bond donors (Lipinski definition) is 0. The highest BCUT2D eigenvalue weighted by Gasteiger charge is 2.10. The highest BCUT2D eigenvalue weighted by atomic mass is 24.5. The van der Waals surface area contributed by atoms with Gasteiger partial charge in [-0.25, -0.2) is 0 Å². The standard InChI is InChI=1S/C14H21.C6H5.Mg/c1-3-5-9-13-11-7-8-12-14(13)10-6-4-2;1-2-4-6-5-3-1;/h7-8,11H,3-6,9-10H2,1-2H3;1-5H;. The largest absolute Gasteiger partial charge is 0.450 e. The van der Waals surface area contributed by atoms with Gasteiger partial charge in [-0.1, -0.05) is 80.8 Å². The Hall–Kier alpha value is -0.794. The summed E-state index contributed by atoms with van der Waals surface area (Å²) in [6.07, 6.45) is 7.73. The van der Waals surface area contributed by atoms with Crippen molar-refractivity contribution in [2.45, 2.75) is 52.4 Å². The van der Waals surface area contributed by atoms with Gasteiger partial charge in [0, 0.05) is 0 Å². The van der Waals surface area contributed by atoms with Gasteiger partial charge in [0.25, 0.3) is 0 Å². The van der Waals surface area contributed by atoms with Crippen LogP contribution in [0.3, 0.4) is 0 Å². The number of rotatable bonds is 8. The quantitative estimate of drug-likeness (QED) is 0.644. The van der Waals surface area contributed by atoms with Gasteiger partial charge >= 0.3 is 20.4 Å². The van der Waals surface area contributed by atoms with Crippen molar-refractivity contribution in [2.24, 2.45) is 0 Å². The van der Waals surface area contributed by atoms with Gasteiger partial charge in [0.1, 0.15) is 0 Å². The van der Waals surface area contributed by atoms with E-state index in [1.807, 2.05) is 0 Å². The molecule has 0 aliphatic carbocycles. The summed E-state index contributed by atoms with van der Waals surface area (Å²) >= 11 is -0.336. The van der Waals surface area contributed by atoms with E-state index in [1.54, 1.807) is 18.5 Å². The first-order valence-corrected chi connectivity index (χ1v) is 9.90. The van der Waals surface area contributed by atoms with Gasteiger partial charge in [-0.2, -0.15) is 7.39 Å². The van der Waals surface area contributed by atoms with Crippen molar-refractivity contribution in [3.05, 3.63) is 59.7 Å². The summed E-state index contributed by atoms with van der Waals surface area (Å²) < 4.78 is 3.23. The van der Waals surface area contributed by atoms with Crippen molar-refractivity contribution in [3.8, 4) is 0 Å². The fourth-order valence-electron chi connectivity index (χ4n) is 2.95. The van der Waals surface area contributed by atoms with E-state index in [4.69, 9.17) is 0 Å². The van der Waals surface area contributed by atoms with E-state index >= 15 is 0 Å². The molecule has 0 aromatic heterocycles. The third-order valence-electron chi connectivity index (χ3n) is 4.19. The van der Waals surface area contributed by atoms with Gasteiger partial charge in [0.2, 0.25) is 0 Å². The molecule has 0 amide bonds. The van der Waals surface area contributed by atoms with E-state index in [0.29, 0.717) is 0 Å². The minimum absolute atomic E-state index is 0.336. The van der Waals surface area contributed by atoms with Crippen molar-refractivity contribution in [1.29, 1.82) is 0 Å². The molecule has 0 unspecified atom stereocenters. The summed E-state index contributed by atoms with van der Waals surface area (Å²) in [6.45, 7) is 4.58. The molecule has 108 valence electrons. The highest BCUT2D eigenvalue weighted by Crippen LogP contribution is 2.13. The van der Waals surface area contributed by atoms with Crippen molar-refractivity contribution in [1.82, 2.24) is 0 Å². The minimum Gasteiger partial charge on any atom is -0.165 e. The second kappa shape index (κ2) is 9.27. The number of unbranched alkanes of at least 4 members (excludes halogenated alkanes) is 2. The molecule has 0 nitrogen and oxygen atoms in total. The van der Waals surface area contributed by atoms with E-state index in [1.165, 1.54) is 38.5 Å². The lowest BCUT2D eigenvalue weighted by atomic mass is 9.98. The van der Waals surface area contributed by atoms with E-state index in [-0.39, 0.29) is 20.4 Å². The molecule has 0 aliphatic heterocycles. The lowest BCUT2D eigenvalue weighted by Gasteiger charge is -2.15. The molecule has 0 fully saturated rings. The molecular formula is C20H26Mg. The zero-order chi connectivity index (χ0) is 14.9. The molecule has 1 heteroatoms. The first-order chi connectivity index (χ1) is 10.3. The van der Waals surface area contributed by atoms with Crippen LogP contribution in [0.15, 0.2) is 48.5 Å². The Bertz CT molecular complexity index is 531. The number of aryl methyl sites for hydroxylation is 1. The lowest BCUT2D eigenvalue weighted by Crippen LogP contribution is -2.30. The van der Waals surface area contributed by atoms with Crippen LogP contribution in [0.1, 0.15) is 50.7 Å². The van der Waals surface area contributed by atoms with Crippen LogP contribution in [0, 0.1) is 0 Å². The first kappa shape index (κ1) is 16.6. The smallest absolute Gasteiger partial charge is 0.165 e. The van der Waals surface area contributed by atoms with Gasteiger partial charge in [-0.3, -0.25) is 0 Å². The Labute approximate surface area is 139 Å². The fraction of sp³-hybridized carbons (Fsp3) is 0.400. The summed E-state index contributed by atoms with van der Waals surface area (Å²) in [4.78, 5) is 0. The van der Waals surface area contributed by atoms with Crippen molar-refractivity contribution < 1.29 is 0 Å². The maximum Gasteiger partial charge on any atom is 0.450 e. The summed E-state index contributed by atoms with van der Waals surface area (Å²) in [5, 5.41) is 0. The van der Waals surface area contributed by atoms with Gasteiger partial charge in [-0.05, 0) is 31.2 Å². The fourth-order valence-corrected chi connectivity index (χ4v) is 4.76. The van der Waals surface area contributed by atoms with Crippen molar-refractivity contribution >= 4 is 27.8 Å². The Kier molecular flexibility index (Phi) is 7.32. The van der Waals surface area contributed by atoms with E-state index < -0.39 is 0 Å². The second-order valence-electron chi connectivity index (χ2n) is 5.92. The third kappa shape index (κ3) is 5.16. The van der Waals surface area contributed by atoms with Crippen LogP contribution in [-0.4, -0.2) is 20.4 Å². The van der Waals surface area contributed by atoms with Gasteiger partial charge in [0.05, 0.1) is 0 Å². The number of hydrogen-bond acceptors (Lipinski definition) is 0. The molecule has 0 atom stereocenters. The van der Waals surface area contributed by atoms with E-state index in [0.717, 1.165) is 0 Å². The van der Waals surface area contributed by atoms with Crippen LogP contribution >= 0.6 is 0 Å². The SMILES string of the molecule is CCCCc1ccc[c]([Mg][c]2ccccc2)c1CCCC. The van der Waals surface area contributed by atoms with Crippen LogP contribution in [0.4, 0.5) is 0 Å². The molecule has 0 heterocycles. The molecule has 0 saturated heterocycles. The van der Waals surface area contributed by atoms with Crippen molar-refractivity contribution in [3.63, 3.8) is 0 Å². The molecule has 0 N–H and O–H groups in total. The van der Waals surface area contributed by atoms with Gasteiger partial charge in [-0.15, -0.1) is 0 Å². The molecule has 21 heavy (non-hydrogen) atoms. The minimum atomic E-state index is -0.336. The zero-order valence-electron chi connectivity index (χ0n) is 13.6. The Balaban J connectivity index is 2.25. The zero-order valence-corrected chi connectivity index (χ0v) is 15.0. The summed E-state index contributed by atoms with van der Waals surface area (Å²) in [7, 11) is 0. The average molecular weight is 291 g/mol. The summed E-state index contributed by atoms with van der Waals surface area (Å²) in [6, 6.07) is 18.1. The normalized spacial score (nSPS) is 10.4. The first-order valence-electron chi connectivity index (χ1n) is 8.48. The number of benzene rings is 2. The van der Waals surface area contributed by atoms with Crippen molar-refractivity contribution in [2.75, 3.05) is 0 Å². The maximum absolute atomic E-state index is 2.39. The Morgan fingerprint density at radius 1 is 0.762 bits per heavy atom. The molecule has 2 aromatic rings. The third-order valence-corrected chi connectivity index (χ3v) is 6.11. The van der Waals surface area contributed by atoms with Crippen LogP contribution < -0.4 is 7.39 Å². The molecule has 0 saturated carbocycles. The van der Waals surface area contributed by atoms with Crippen LogP contribution in [0.2, 0.25) is 0 Å². The monoisotopic (exact) mass is 290 g/mol. The predicted molar refractivity (Wildman–Crippen MR) is 95.1 cm³/mol. The van der Waals surface area contributed by atoms with Crippen LogP contribution in [-0.2, 0) is 12.8 Å². The highest BCUT2D eigenvalue weighted by molar-refractivity contribution is 6.67. The summed E-state index contributed by atoms with van der Waals surface area (Å²) in [5.41, 5.74) is 3.30. The van der Waals surface area contributed by atoms with Gasteiger partial charge < -0.3 is 0 Å². The van der Waals surface area contributed by atoms with E-state index in [2.05, 4.69) is 62.4 Å². The molecule has 0 bridgehead atoms. The van der Waals surface area contributed by atoms with Crippen LogP contribution in [0.5, 0.6) is 0 Å². The maximum atomic E-state index is 2.39. The summed E-state index contributed by atoms with van der Waals surface area (Å²) in [5.74, 6) is 0. The molecule has 0 radical (unpaired) electrons. The van der Waals surface area contributed by atoms with E-state index in [9.17, 15) is 0 Å². The molecule has 2 rings (SSSR count). The van der Waals surface area contributed by atoms with Gasteiger partial charge in [0.15, 0.2) is 0 Å². The lowest BCUT2D eigenvalue weighted by molar-refractivity contribution is 0.760. The average Bonchev–Trinajstić information content (AvgIpc) is 2.53. The molecular weight excluding hydrogens is 265 g/mol. The molecule has 2 aromatic carbocycles. The topological polar surface area (TPSA) is 0 Å². The Morgan fingerprint density at radius 3 is 2.19 bits per heavy atom. The molecule has 0 aliphatic rings. The van der Waals surface area contributed by atoms with Crippen LogP contribution in [0.25, 0.3) is 0 Å². The predicted octanol–water partition coefficient (Wildman–Crippen LogP) is 4.03. The Morgan fingerprint density at radius 2 is 1.48 bits per heavy atom. The molecule has 0 spiro atoms. The second-order valence-corrected chi connectivity index (χ2v) is 7.86.